The highest BCUT2D eigenvalue weighted by molar-refractivity contribution is 6.16. The largest absolute Gasteiger partial charge is 0.298 e. The van der Waals surface area contributed by atoms with Gasteiger partial charge in [-0.05, 0) is 12.0 Å². The second kappa shape index (κ2) is 4.29. The first kappa shape index (κ1) is 12.3. The summed E-state index contributed by atoms with van der Waals surface area (Å²) in [6.07, 6.45) is 0.816. The lowest BCUT2D eigenvalue weighted by atomic mass is 10.1. The van der Waals surface area contributed by atoms with Crippen molar-refractivity contribution >= 4 is 11.7 Å². The lowest BCUT2D eigenvalue weighted by Crippen LogP contribution is -2.33. The van der Waals surface area contributed by atoms with E-state index in [0.29, 0.717) is 0 Å². The van der Waals surface area contributed by atoms with Crippen LogP contribution in [-0.2, 0) is 4.79 Å². The molecule has 21 heavy (non-hydrogen) atoms. The summed E-state index contributed by atoms with van der Waals surface area (Å²) < 4.78 is 0. The van der Waals surface area contributed by atoms with Crippen LogP contribution < -0.4 is 0 Å². The molecule has 2 atom stereocenters. The second-order valence-corrected chi connectivity index (χ2v) is 5.76. The van der Waals surface area contributed by atoms with E-state index in [-0.39, 0.29) is 11.8 Å². The molecule has 1 aliphatic carbocycles. The number of likely N-dealkylation sites (N-methyl/N-ethyl adjacent to an activating group) is 1. The maximum atomic E-state index is 12.7. The van der Waals surface area contributed by atoms with Crippen molar-refractivity contribution in [1.29, 1.82) is 0 Å². The predicted molar refractivity (Wildman–Crippen MR) is 82.3 cm³/mol. The van der Waals surface area contributed by atoms with Crippen molar-refractivity contribution in [2.45, 2.75) is 17.9 Å². The summed E-state index contributed by atoms with van der Waals surface area (Å²) in [7, 11) is 1.82. The summed E-state index contributed by atoms with van der Waals surface area (Å²) in [5.74, 6) is 1.13. The number of aliphatic imine (C=N–C) groups is 1. The first-order valence-corrected chi connectivity index (χ1v) is 7.21. The molecular formula is C18H16N2O. The van der Waals surface area contributed by atoms with E-state index in [2.05, 4.69) is 12.1 Å². The normalized spacial score (nSPS) is 27.1. The Kier molecular flexibility index (Phi) is 2.52. The Morgan fingerprint density at radius 1 is 1.05 bits per heavy atom. The third kappa shape index (κ3) is 1.74. The Bertz CT molecular complexity index is 723. The van der Waals surface area contributed by atoms with Gasteiger partial charge >= 0.3 is 0 Å². The van der Waals surface area contributed by atoms with Crippen molar-refractivity contribution in [1.82, 2.24) is 4.90 Å². The van der Waals surface area contributed by atoms with Gasteiger partial charge in [0.2, 0.25) is 0 Å². The minimum Gasteiger partial charge on any atom is -0.298 e. The van der Waals surface area contributed by atoms with Crippen molar-refractivity contribution in [3.05, 3.63) is 71.8 Å². The van der Waals surface area contributed by atoms with Gasteiger partial charge in [-0.2, -0.15) is 0 Å². The SMILES string of the molecule is CN1C(=O)C2(C[C@@H]2c2ccccc2)N=C1c1ccccc1. The minimum absolute atomic E-state index is 0.121. The molecule has 4 rings (SSSR count). The number of carbonyl (C=O) groups excluding carboxylic acids is 1. The molecule has 1 aliphatic heterocycles. The van der Waals surface area contributed by atoms with Crippen molar-refractivity contribution in [2.24, 2.45) is 4.99 Å². The number of carbonyl (C=O) groups is 1. The Hall–Kier alpha value is -2.42. The van der Waals surface area contributed by atoms with E-state index in [1.54, 1.807) is 4.90 Å². The zero-order chi connectivity index (χ0) is 14.4. The number of amides is 1. The van der Waals surface area contributed by atoms with Gasteiger partial charge in [0.05, 0.1) is 0 Å². The zero-order valence-corrected chi connectivity index (χ0v) is 11.9. The summed E-state index contributed by atoms with van der Waals surface area (Å²) in [6, 6.07) is 20.1. The lowest BCUT2D eigenvalue weighted by Gasteiger charge is -2.12. The molecule has 1 amide bonds. The highest BCUT2D eigenvalue weighted by Crippen LogP contribution is 2.57. The summed E-state index contributed by atoms with van der Waals surface area (Å²) in [5.41, 5.74) is 1.66. The fourth-order valence-corrected chi connectivity index (χ4v) is 3.23. The predicted octanol–water partition coefficient (Wildman–Crippen LogP) is 2.83. The summed E-state index contributed by atoms with van der Waals surface area (Å²) in [4.78, 5) is 19.2. The van der Waals surface area contributed by atoms with Gasteiger partial charge in [-0.15, -0.1) is 0 Å². The second-order valence-electron chi connectivity index (χ2n) is 5.76. The lowest BCUT2D eigenvalue weighted by molar-refractivity contribution is -0.127. The van der Waals surface area contributed by atoms with Crippen LogP contribution in [0.3, 0.4) is 0 Å². The molecule has 0 bridgehead atoms. The van der Waals surface area contributed by atoms with Crippen molar-refractivity contribution in [3.8, 4) is 0 Å². The van der Waals surface area contributed by atoms with Gasteiger partial charge in [-0.3, -0.25) is 14.7 Å². The van der Waals surface area contributed by atoms with Crippen LogP contribution in [0, 0.1) is 0 Å². The molecule has 1 heterocycles. The van der Waals surface area contributed by atoms with E-state index in [9.17, 15) is 4.79 Å². The summed E-state index contributed by atoms with van der Waals surface area (Å²) in [6.45, 7) is 0. The molecule has 3 nitrogen and oxygen atoms in total. The number of benzene rings is 2. The molecule has 1 unspecified atom stereocenters. The number of hydrogen-bond donors (Lipinski definition) is 0. The van der Waals surface area contributed by atoms with Crippen LogP contribution in [0.2, 0.25) is 0 Å². The van der Waals surface area contributed by atoms with Crippen LogP contribution in [0.25, 0.3) is 0 Å². The smallest absolute Gasteiger partial charge is 0.256 e. The van der Waals surface area contributed by atoms with Gasteiger partial charge in [-0.1, -0.05) is 60.7 Å². The highest BCUT2D eigenvalue weighted by atomic mass is 16.2. The molecule has 0 radical (unpaired) electrons. The number of amidine groups is 1. The van der Waals surface area contributed by atoms with Gasteiger partial charge < -0.3 is 0 Å². The van der Waals surface area contributed by atoms with E-state index >= 15 is 0 Å². The van der Waals surface area contributed by atoms with Crippen LogP contribution in [0.15, 0.2) is 65.7 Å². The molecule has 0 aromatic heterocycles. The Morgan fingerprint density at radius 2 is 1.67 bits per heavy atom. The average molecular weight is 276 g/mol. The minimum atomic E-state index is -0.554. The fourth-order valence-electron chi connectivity index (χ4n) is 3.23. The van der Waals surface area contributed by atoms with E-state index in [0.717, 1.165) is 17.8 Å². The monoisotopic (exact) mass is 276 g/mol. The first-order valence-electron chi connectivity index (χ1n) is 7.21. The van der Waals surface area contributed by atoms with Gasteiger partial charge in [0.1, 0.15) is 11.4 Å². The standard InChI is InChI=1S/C18H16N2O/c1-20-16(14-10-6-3-7-11-14)19-18(17(20)21)12-15(18)13-8-4-2-5-9-13/h2-11,15H,12H2,1H3/t15-,18?/m1/s1. The number of rotatable bonds is 2. The van der Waals surface area contributed by atoms with Gasteiger partial charge in [0.25, 0.3) is 5.91 Å². The molecule has 1 fully saturated rings. The van der Waals surface area contributed by atoms with E-state index < -0.39 is 5.54 Å². The van der Waals surface area contributed by atoms with Crippen LogP contribution in [-0.4, -0.2) is 29.2 Å². The van der Waals surface area contributed by atoms with Crippen molar-refractivity contribution < 1.29 is 4.79 Å². The topological polar surface area (TPSA) is 32.7 Å². The average Bonchev–Trinajstić information content (AvgIpc) is 3.23. The zero-order valence-electron chi connectivity index (χ0n) is 11.9. The summed E-state index contributed by atoms with van der Waals surface area (Å²) in [5, 5.41) is 0. The molecule has 0 saturated heterocycles. The van der Waals surface area contributed by atoms with Crippen LogP contribution >= 0.6 is 0 Å². The van der Waals surface area contributed by atoms with Crippen molar-refractivity contribution in [3.63, 3.8) is 0 Å². The third-order valence-corrected chi connectivity index (χ3v) is 4.46. The molecule has 0 N–H and O–H groups in total. The molecule has 2 aromatic carbocycles. The molecule has 1 saturated carbocycles. The fraction of sp³-hybridized carbons (Fsp3) is 0.222. The molecule has 1 spiro atoms. The molecular weight excluding hydrogens is 260 g/mol. The maximum absolute atomic E-state index is 12.7. The molecule has 3 heteroatoms. The Balaban J connectivity index is 1.72. The molecule has 104 valence electrons. The Labute approximate surface area is 123 Å². The van der Waals surface area contributed by atoms with Gasteiger partial charge in [-0.25, -0.2) is 0 Å². The highest BCUT2D eigenvalue weighted by Gasteiger charge is 2.65. The van der Waals surface area contributed by atoms with Gasteiger partial charge in [0.15, 0.2) is 0 Å². The van der Waals surface area contributed by atoms with E-state index in [1.165, 1.54) is 5.56 Å². The maximum Gasteiger partial charge on any atom is 0.256 e. The summed E-state index contributed by atoms with van der Waals surface area (Å²) >= 11 is 0. The van der Waals surface area contributed by atoms with Crippen LogP contribution in [0.4, 0.5) is 0 Å². The van der Waals surface area contributed by atoms with E-state index in [1.807, 2.05) is 55.6 Å². The molecule has 2 aromatic rings. The van der Waals surface area contributed by atoms with Crippen LogP contribution in [0.1, 0.15) is 23.5 Å². The van der Waals surface area contributed by atoms with E-state index in [4.69, 9.17) is 4.99 Å². The van der Waals surface area contributed by atoms with Gasteiger partial charge in [0, 0.05) is 18.5 Å². The van der Waals surface area contributed by atoms with Crippen LogP contribution in [0.5, 0.6) is 0 Å². The number of hydrogen-bond acceptors (Lipinski definition) is 2. The number of nitrogens with zero attached hydrogens (tertiary/aromatic N) is 2. The quantitative estimate of drug-likeness (QED) is 0.830. The Morgan fingerprint density at radius 3 is 2.33 bits per heavy atom. The molecule has 2 aliphatic rings. The third-order valence-electron chi connectivity index (χ3n) is 4.46. The van der Waals surface area contributed by atoms with Crippen molar-refractivity contribution in [2.75, 3.05) is 7.05 Å². The first-order chi connectivity index (χ1) is 10.2.